The standard InChI is InChI=1S/C23H22F2N6O/c24-18-9-16(32)10-19(25)22(18)20-5-4-15-11-28-23(31(15)30-20)29-21-12-27-7-6-17(21)13-2-1-3-14(26)8-13/h4-7,9-14,32H,1-3,8,26H2,(H,28,29). The summed E-state index contributed by atoms with van der Waals surface area (Å²) in [5.74, 6) is -1.56. The van der Waals surface area contributed by atoms with Gasteiger partial charge in [0.1, 0.15) is 17.4 Å². The lowest BCUT2D eigenvalue weighted by Gasteiger charge is -2.28. The number of fused-ring (bicyclic) bond motifs is 1. The zero-order chi connectivity index (χ0) is 22.2. The van der Waals surface area contributed by atoms with Crippen molar-refractivity contribution in [2.45, 2.75) is 37.6 Å². The average molecular weight is 436 g/mol. The Balaban J connectivity index is 1.53. The summed E-state index contributed by atoms with van der Waals surface area (Å²) < 4.78 is 30.2. The SMILES string of the molecule is NC1CCCC(c2ccncc2Nc2ncc3ccc(-c4c(F)cc(O)cc4F)nn23)C1. The molecular weight excluding hydrogens is 414 g/mol. The Hall–Kier alpha value is -3.59. The third-order valence-corrected chi connectivity index (χ3v) is 5.92. The third-order valence-electron chi connectivity index (χ3n) is 5.92. The summed E-state index contributed by atoms with van der Waals surface area (Å²) >= 11 is 0. The zero-order valence-corrected chi connectivity index (χ0v) is 17.2. The second kappa shape index (κ2) is 8.16. The van der Waals surface area contributed by atoms with Gasteiger partial charge in [0.15, 0.2) is 0 Å². The number of phenolic OH excluding ortho intramolecular Hbond substituents is 1. The van der Waals surface area contributed by atoms with Crippen molar-refractivity contribution in [2.24, 2.45) is 5.73 Å². The lowest BCUT2D eigenvalue weighted by Crippen LogP contribution is -2.27. The van der Waals surface area contributed by atoms with Gasteiger partial charge >= 0.3 is 0 Å². The number of benzene rings is 1. The molecule has 4 N–H and O–H groups in total. The molecule has 1 fully saturated rings. The Kier molecular flexibility index (Phi) is 5.18. The van der Waals surface area contributed by atoms with Crippen molar-refractivity contribution in [2.75, 3.05) is 5.32 Å². The van der Waals surface area contributed by atoms with Gasteiger partial charge in [0, 0.05) is 24.4 Å². The van der Waals surface area contributed by atoms with Crippen LogP contribution in [-0.4, -0.2) is 30.7 Å². The maximum atomic E-state index is 14.4. The van der Waals surface area contributed by atoms with E-state index in [1.165, 1.54) is 10.6 Å². The smallest absolute Gasteiger partial charge is 0.229 e. The summed E-state index contributed by atoms with van der Waals surface area (Å²) in [4.78, 5) is 8.64. The van der Waals surface area contributed by atoms with Crippen LogP contribution in [-0.2, 0) is 0 Å². The molecule has 4 aromatic rings. The van der Waals surface area contributed by atoms with E-state index in [0.29, 0.717) is 17.4 Å². The first-order valence-corrected chi connectivity index (χ1v) is 10.5. The number of halogens is 2. The second-order valence-electron chi connectivity index (χ2n) is 8.13. The van der Waals surface area contributed by atoms with Crippen molar-refractivity contribution in [1.29, 1.82) is 0 Å². The molecule has 5 rings (SSSR count). The minimum absolute atomic E-state index is 0.0817. The number of anilines is 2. The van der Waals surface area contributed by atoms with Crippen molar-refractivity contribution in [3.63, 3.8) is 0 Å². The monoisotopic (exact) mass is 436 g/mol. The largest absolute Gasteiger partial charge is 0.508 e. The fraction of sp³-hybridized carbons (Fsp3) is 0.261. The van der Waals surface area contributed by atoms with E-state index < -0.39 is 17.4 Å². The number of phenols is 1. The first-order chi connectivity index (χ1) is 15.5. The van der Waals surface area contributed by atoms with Gasteiger partial charge in [-0.2, -0.15) is 9.61 Å². The van der Waals surface area contributed by atoms with Crippen LogP contribution in [0.2, 0.25) is 0 Å². The number of aromatic hydroxyl groups is 1. The highest BCUT2D eigenvalue weighted by molar-refractivity contribution is 5.66. The van der Waals surface area contributed by atoms with Gasteiger partial charge in [0.25, 0.3) is 0 Å². The summed E-state index contributed by atoms with van der Waals surface area (Å²) in [6.07, 6.45) is 9.19. The molecule has 3 aromatic heterocycles. The number of nitrogens with zero attached hydrogens (tertiary/aromatic N) is 4. The summed E-state index contributed by atoms with van der Waals surface area (Å²) in [5, 5.41) is 17.1. The molecule has 9 heteroatoms. The molecule has 2 unspecified atom stereocenters. The molecule has 0 amide bonds. The summed E-state index contributed by atoms with van der Waals surface area (Å²) in [6, 6.07) is 7.07. The van der Waals surface area contributed by atoms with Gasteiger partial charge in [-0.15, -0.1) is 0 Å². The van der Waals surface area contributed by atoms with Gasteiger partial charge in [0.05, 0.1) is 34.9 Å². The number of rotatable bonds is 4. The van der Waals surface area contributed by atoms with Crippen LogP contribution in [0.3, 0.4) is 0 Å². The molecule has 0 radical (unpaired) electrons. The highest BCUT2D eigenvalue weighted by Gasteiger charge is 2.23. The molecule has 2 atom stereocenters. The zero-order valence-electron chi connectivity index (χ0n) is 17.2. The molecule has 7 nitrogen and oxygen atoms in total. The van der Waals surface area contributed by atoms with E-state index in [-0.39, 0.29) is 17.3 Å². The summed E-state index contributed by atoms with van der Waals surface area (Å²) in [5.41, 5.74) is 8.52. The van der Waals surface area contributed by atoms with E-state index in [1.807, 2.05) is 6.07 Å². The Morgan fingerprint density at radius 3 is 2.69 bits per heavy atom. The second-order valence-corrected chi connectivity index (χ2v) is 8.13. The van der Waals surface area contributed by atoms with Crippen LogP contribution in [0.25, 0.3) is 16.8 Å². The Morgan fingerprint density at radius 2 is 1.91 bits per heavy atom. The number of imidazole rings is 1. The maximum absolute atomic E-state index is 14.4. The number of nitrogens with one attached hydrogen (secondary N) is 1. The molecule has 32 heavy (non-hydrogen) atoms. The van der Waals surface area contributed by atoms with Gasteiger partial charge in [-0.25, -0.2) is 13.8 Å². The van der Waals surface area contributed by atoms with Crippen LogP contribution in [0, 0.1) is 11.6 Å². The van der Waals surface area contributed by atoms with Gasteiger partial charge in [-0.3, -0.25) is 4.98 Å². The number of aromatic nitrogens is 4. The lowest BCUT2D eigenvalue weighted by atomic mass is 9.81. The van der Waals surface area contributed by atoms with Gasteiger partial charge < -0.3 is 16.2 Å². The average Bonchev–Trinajstić information content (AvgIpc) is 3.15. The minimum Gasteiger partial charge on any atom is -0.508 e. The molecule has 1 aromatic carbocycles. The quantitative estimate of drug-likeness (QED) is 0.435. The van der Waals surface area contributed by atoms with Gasteiger partial charge in [-0.1, -0.05) is 6.42 Å². The molecule has 0 bridgehead atoms. The van der Waals surface area contributed by atoms with Crippen LogP contribution in [0.4, 0.5) is 20.4 Å². The normalized spacial score (nSPS) is 18.7. The number of nitrogens with two attached hydrogens (primary N) is 1. The van der Waals surface area contributed by atoms with Crippen molar-refractivity contribution in [3.05, 3.63) is 66.1 Å². The Labute approximate surface area is 182 Å². The van der Waals surface area contributed by atoms with E-state index in [0.717, 1.165) is 49.1 Å². The Morgan fingerprint density at radius 1 is 1.09 bits per heavy atom. The summed E-state index contributed by atoms with van der Waals surface area (Å²) in [6.45, 7) is 0. The van der Waals surface area contributed by atoms with Gasteiger partial charge in [-0.05, 0) is 48.9 Å². The Bertz CT molecular complexity index is 1270. The first kappa shape index (κ1) is 20.3. The van der Waals surface area contributed by atoms with E-state index in [1.54, 1.807) is 24.7 Å². The molecule has 0 spiro atoms. The molecule has 1 aliphatic rings. The molecule has 1 aliphatic carbocycles. The number of hydrogen-bond acceptors (Lipinski definition) is 6. The van der Waals surface area contributed by atoms with E-state index in [2.05, 4.69) is 20.4 Å². The molecule has 1 saturated carbocycles. The number of pyridine rings is 1. The van der Waals surface area contributed by atoms with Crippen molar-refractivity contribution >= 4 is 17.2 Å². The van der Waals surface area contributed by atoms with E-state index in [4.69, 9.17) is 5.73 Å². The maximum Gasteiger partial charge on any atom is 0.229 e. The van der Waals surface area contributed by atoms with Crippen LogP contribution >= 0.6 is 0 Å². The topological polar surface area (TPSA) is 101 Å². The molecule has 3 heterocycles. The van der Waals surface area contributed by atoms with Crippen LogP contribution in [0.5, 0.6) is 5.75 Å². The van der Waals surface area contributed by atoms with E-state index in [9.17, 15) is 13.9 Å². The summed E-state index contributed by atoms with van der Waals surface area (Å²) in [7, 11) is 0. The van der Waals surface area contributed by atoms with E-state index >= 15 is 0 Å². The highest BCUT2D eigenvalue weighted by Crippen LogP contribution is 2.36. The van der Waals surface area contributed by atoms with Crippen LogP contribution < -0.4 is 11.1 Å². The van der Waals surface area contributed by atoms with Crippen LogP contribution in [0.1, 0.15) is 37.2 Å². The molecular formula is C23H22F2N6O. The first-order valence-electron chi connectivity index (χ1n) is 10.5. The van der Waals surface area contributed by atoms with Crippen molar-refractivity contribution < 1.29 is 13.9 Å². The molecule has 0 aliphatic heterocycles. The minimum atomic E-state index is -0.896. The third kappa shape index (κ3) is 3.75. The fourth-order valence-corrected chi connectivity index (χ4v) is 4.40. The molecule has 0 saturated heterocycles. The fourth-order valence-electron chi connectivity index (χ4n) is 4.40. The van der Waals surface area contributed by atoms with Crippen molar-refractivity contribution in [3.8, 4) is 17.0 Å². The highest BCUT2D eigenvalue weighted by atomic mass is 19.1. The number of hydrogen-bond donors (Lipinski definition) is 3. The van der Waals surface area contributed by atoms with Gasteiger partial charge in [0.2, 0.25) is 5.95 Å². The predicted octanol–water partition coefficient (Wildman–Crippen LogP) is 4.50. The van der Waals surface area contributed by atoms with Crippen LogP contribution in [0.15, 0.2) is 48.9 Å². The molecule has 164 valence electrons. The lowest BCUT2D eigenvalue weighted by molar-refractivity contribution is 0.394. The predicted molar refractivity (Wildman–Crippen MR) is 117 cm³/mol. The van der Waals surface area contributed by atoms with Crippen molar-refractivity contribution in [1.82, 2.24) is 19.6 Å².